The Labute approximate surface area is 161 Å². The van der Waals surface area contributed by atoms with Gasteiger partial charge in [-0.15, -0.1) is 10.2 Å². The lowest BCUT2D eigenvalue weighted by Gasteiger charge is -2.09. The van der Waals surface area contributed by atoms with Crippen molar-refractivity contribution in [3.63, 3.8) is 0 Å². The first-order chi connectivity index (χ1) is 12.7. The van der Waals surface area contributed by atoms with E-state index in [1.807, 2.05) is 22.8 Å². The normalized spacial score (nSPS) is 10.7. The molecule has 0 aliphatic rings. The number of hydrogen-bond acceptors (Lipinski definition) is 5. The first-order valence-electron chi connectivity index (χ1n) is 8.20. The number of amides is 1. The van der Waals surface area contributed by atoms with E-state index in [1.165, 1.54) is 11.8 Å². The monoisotopic (exact) mass is 387 g/mol. The van der Waals surface area contributed by atoms with Crippen LogP contribution in [0.25, 0.3) is 11.5 Å². The Morgan fingerprint density at radius 3 is 2.85 bits per heavy atom. The van der Waals surface area contributed by atoms with Crippen LogP contribution in [0.4, 0.5) is 5.69 Å². The summed E-state index contributed by atoms with van der Waals surface area (Å²) in [4.78, 5) is 16.5. The zero-order valence-corrected chi connectivity index (χ0v) is 15.8. The summed E-state index contributed by atoms with van der Waals surface area (Å²) in [6, 6.07) is 12.7. The maximum atomic E-state index is 12.2. The average molecular weight is 388 g/mol. The fourth-order valence-electron chi connectivity index (χ4n) is 2.40. The number of halogens is 1. The highest BCUT2D eigenvalue weighted by Crippen LogP contribution is 2.23. The molecule has 1 aromatic carbocycles. The number of hydrogen-bond donors (Lipinski definition) is 1. The topological polar surface area (TPSA) is 72.7 Å². The van der Waals surface area contributed by atoms with E-state index in [-0.39, 0.29) is 11.7 Å². The minimum Gasteiger partial charge on any atom is -0.325 e. The lowest BCUT2D eigenvalue weighted by molar-refractivity contribution is -0.113. The van der Waals surface area contributed by atoms with E-state index >= 15 is 0 Å². The van der Waals surface area contributed by atoms with Gasteiger partial charge >= 0.3 is 0 Å². The van der Waals surface area contributed by atoms with Crippen LogP contribution >= 0.6 is 23.4 Å². The minimum atomic E-state index is -0.122. The molecule has 1 amide bonds. The lowest BCUT2D eigenvalue weighted by atomic mass is 10.3. The first kappa shape index (κ1) is 18.4. The molecular weight excluding hydrogens is 370 g/mol. The van der Waals surface area contributed by atoms with Crippen LogP contribution < -0.4 is 5.32 Å². The number of rotatable bonds is 7. The largest absolute Gasteiger partial charge is 0.325 e. The Balaban J connectivity index is 1.69. The molecule has 3 aromatic rings. The zero-order chi connectivity index (χ0) is 18.4. The number of nitrogens with one attached hydrogen (secondary N) is 1. The van der Waals surface area contributed by atoms with Crippen LogP contribution in [0.1, 0.15) is 13.3 Å². The standard InChI is InChI=1S/C18H18ClN5OS/c1-2-10-24-17(15-8-3-4-9-20-15)22-23-18(24)26-12-16(25)21-14-7-5-6-13(19)11-14/h3-9,11H,2,10,12H2,1H3,(H,21,25). The van der Waals surface area contributed by atoms with Crippen molar-refractivity contribution in [1.29, 1.82) is 0 Å². The number of pyridine rings is 1. The third kappa shape index (κ3) is 4.62. The van der Waals surface area contributed by atoms with E-state index in [0.29, 0.717) is 21.7 Å². The molecule has 0 fully saturated rings. The highest BCUT2D eigenvalue weighted by Gasteiger charge is 2.16. The van der Waals surface area contributed by atoms with E-state index in [4.69, 9.17) is 11.6 Å². The maximum Gasteiger partial charge on any atom is 0.234 e. The molecule has 1 N–H and O–H groups in total. The Morgan fingerprint density at radius 2 is 2.12 bits per heavy atom. The second-order valence-electron chi connectivity index (χ2n) is 5.52. The lowest BCUT2D eigenvalue weighted by Crippen LogP contribution is -2.14. The molecule has 2 aromatic heterocycles. The maximum absolute atomic E-state index is 12.2. The van der Waals surface area contributed by atoms with Crippen LogP contribution in [0.5, 0.6) is 0 Å². The Hall–Kier alpha value is -2.38. The van der Waals surface area contributed by atoms with E-state index in [2.05, 4.69) is 27.4 Å². The molecule has 3 rings (SSSR count). The van der Waals surface area contributed by atoms with Crippen LogP contribution in [0.2, 0.25) is 5.02 Å². The Kier molecular flexibility index (Phi) is 6.25. The number of carbonyl (C=O) groups is 1. The van der Waals surface area contributed by atoms with Crippen LogP contribution in [0, 0.1) is 0 Å². The van der Waals surface area contributed by atoms with Gasteiger partial charge in [0.2, 0.25) is 5.91 Å². The molecule has 0 radical (unpaired) electrons. The molecule has 6 nitrogen and oxygen atoms in total. The smallest absolute Gasteiger partial charge is 0.234 e. The second-order valence-corrected chi connectivity index (χ2v) is 6.90. The Morgan fingerprint density at radius 1 is 1.23 bits per heavy atom. The third-order valence-electron chi connectivity index (χ3n) is 3.50. The molecule has 0 aliphatic heterocycles. The highest BCUT2D eigenvalue weighted by atomic mass is 35.5. The number of aromatic nitrogens is 4. The van der Waals surface area contributed by atoms with Gasteiger partial charge in [0.25, 0.3) is 0 Å². The van der Waals surface area contributed by atoms with E-state index < -0.39 is 0 Å². The number of thioether (sulfide) groups is 1. The molecule has 0 saturated carbocycles. The van der Waals surface area contributed by atoms with E-state index in [0.717, 1.165) is 18.7 Å². The second kappa shape index (κ2) is 8.82. The molecular formula is C18H18ClN5OS. The van der Waals surface area contributed by atoms with E-state index in [1.54, 1.807) is 30.5 Å². The predicted molar refractivity (Wildman–Crippen MR) is 104 cm³/mol. The van der Waals surface area contributed by atoms with Gasteiger partial charge < -0.3 is 9.88 Å². The van der Waals surface area contributed by atoms with Crippen molar-refractivity contribution in [2.24, 2.45) is 0 Å². The summed E-state index contributed by atoms with van der Waals surface area (Å²) in [5, 5.41) is 12.6. The predicted octanol–water partition coefficient (Wildman–Crippen LogP) is 4.13. The molecule has 0 atom stereocenters. The van der Waals surface area contributed by atoms with Gasteiger partial charge in [0.05, 0.1) is 5.75 Å². The summed E-state index contributed by atoms with van der Waals surface area (Å²) in [7, 11) is 0. The zero-order valence-electron chi connectivity index (χ0n) is 14.2. The van der Waals surface area contributed by atoms with Crippen LogP contribution in [0.15, 0.2) is 53.8 Å². The van der Waals surface area contributed by atoms with Gasteiger partial charge in [-0.25, -0.2) is 0 Å². The van der Waals surface area contributed by atoms with Crippen LogP contribution in [-0.4, -0.2) is 31.4 Å². The molecule has 0 spiro atoms. The quantitative estimate of drug-likeness (QED) is 0.617. The molecule has 134 valence electrons. The van der Waals surface area contributed by atoms with Crippen molar-refractivity contribution in [2.75, 3.05) is 11.1 Å². The molecule has 0 bridgehead atoms. The fourth-order valence-corrected chi connectivity index (χ4v) is 3.35. The summed E-state index contributed by atoms with van der Waals surface area (Å²) < 4.78 is 2.00. The molecule has 0 unspecified atom stereocenters. The molecule has 8 heteroatoms. The summed E-state index contributed by atoms with van der Waals surface area (Å²) in [5.41, 5.74) is 1.44. The first-order valence-corrected chi connectivity index (χ1v) is 9.56. The van der Waals surface area contributed by atoms with E-state index in [9.17, 15) is 4.79 Å². The fraction of sp³-hybridized carbons (Fsp3) is 0.222. The summed E-state index contributed by atoms with van der Waals surface area (Å²) in [6.07, 6.45) is 2.66. The van der Waals surface area contributed by atoms with Gasteiger partial charge in [-0.1, -0.05) is 42.4 Å². The van der Waals surface area contributed by atoms with Gasteiger partial charge in [-0.05, 0) is 36.8 Å². The number of nitrogens with zero attached hydrogens (tertiary/aromatic N) is 4. The van der Waals surface area contributed by atoms with Crippen molar-refractivity contribution < 1.29 is 4.79 Å². The van der Waals surface area contributed by atoms with Gasteiger partial charge in [-0.3, -0.25) is 9.78 Å². The van der Waals surface area contributed by atoms with Crippen molar-refractivity contribution >= 4 is 35.0 Å². The minimum absolute atomic E-state index is 0.122. The molecule has 2 heterocycles. The van der Waals surface area contributed by atoms with Crippen LogP contribution in [-0.2, 0) is 11.3 Å². The summed E-state index contributed by atoms with van der Waals surface area (Å²) in [6.45, 7) is 2.85. The Bertz CT molecular complexity index is 884. The van der Waals surface area contributed by atoms with Crippen molar-refractivity contribution in [3.8, 4) is 11.5 Å². The molecule has 0 aliphatic carbocycles. The highest BCUT2D eigenvalue weighted by molar-refractivity contribution is 7.99. The molecule has 26 heavy (non-hydrogen) atoms. The van der Waals surface area contributed by atoms with Crippen molar-refractivity contribution in [3.05, 3.63) is 53.7 Å². The summed E-state index contributed by atoms with van der Waals surface area (Å²) in [5.74, 6) is 0.823. The SMILES string of the molecule is CCCn1c(SCC(=O)Nc2cccc(Cl)c2)nnc1-c1ccccn1. The number of carbonyl (C=O) groups excluding carboxylic acids is 1. The number of anilines is 1. The van der Waals surface area contributed by atoms with Gasteiger partial charge in [-0.2, -0.15) is 0 Å². The van der Waals surface area contributed by atoms with Crippen LogP contribution in [0.3, 0.4) is 0 Å². The van der Waals surface area contributed by atoms with Gasteiger partial charge in [0.15, 0.2) is 11.0 Å². The van der Waals surface area contributed by atoms with Gasteiger partial charge in [0.1, 0.15) is 5.69 Å². The van der Waals surface area contributed by atoms with Gasteiger partial charge in [0, 0.05) is 23.5 Å². The number of benzene rings is 1. The molecule has 0 saturated heterocycles. The van der Waals surface area contributed by atoms with Crippen molar-refractivity contribution in [2.45, 2.75) is 25.0 Å². The third-order valence-corrected chi connectivity index (χ3v) is 4.70. The van der Waals surface area contributed by atoms with Crippen molar-refractivity contribution in [1.82, 2.24) is 19.7 Å². The summed E-state index contributed by atoms with van der Waals surface area (Å²) >= 11 is 7.28. The average Bonchev–Trinajstić information content (AvgIpc) is 3.04.